The number of phenols is 3. The van der Waals surface area contributed by atoms with Crippen molar-refractivity contribution in [2.75, 3.05) is 13.7 Å². The van der Waals surface area contributed by atoms with Crippen LogP contribution in [0, 0.1) is 0 Å². The van der Waals surface area contributed by atoms with E-state index in [9.17, 15) is 61.0 Å². The summed E-state index contributed by atoms with van der Waals surface area (Å²) >= 11 is 0. The van der Waals surface area contributed by atoms with E-state index >= 15 is 0 Å². The summed E-state index contributed by atoms with van der Waals surface area (Å²) in [5, 5.41) is 115. The Morgan fingerprint density at radius 1 is 0.667 bits per heavy atom. The lowest BCUT2D eigenvalue weighted by molar-refractivity contribution is -0.358. The monoisotopic (exact) mass is 770 g/mol. The van der Waals surface area contributed by atoms with Crippen molar-refractivity contribution in [2.24, 2.45) is 0 Å². The van der Waals surface area contributed by atoms with Gasteiger partial charge in [0.2, 0.25) is 17.5 Å². The zero-order valence-electron chi connectivity index (χ0n) is 28.8. The van der Waals surface area contributed by atoms with Crippen molar-refractivity contribution < 1.29 is 93.7 Å². The van der Waals surface area contributed by atoms with E-state index in [-0.39, 0.29) is 28.0 Å². The second-order valence-corrected chi connectivity index (χ2v) is 13.3. The normalized spacial score (nSPS) is 37.3. The van der Waals surface area contributed by atoms with Crippen molar-refractivity contribution in [3.63, 3.8) is 0 Å². The smallest absolute Gasteiger partial charge is 0.239 e. The second-order valence-electron chi connectivity index (χ2n) is 13.3. The summed E-state index contributed by atoms with van der Waals surface area (Å²) in [4.78, 5) is 13.9. The number of methoxy groups -OCH3 is 1. The zero-order chi connectivity index (χ0) is 39.3. The average Bonchev–Trinajstić information content (AvgIpc) is 3.14. The largest absolute Gasteiger partial charge is 0.507 e. The molecule has 2 aromatic carbocycles. The minimum absolute atomic E-state index is 0.0184. The van der Waals surface area contributed by atoms with Crippen molar-refractivity contribution >= 4 is 11.0 Å². The molecule has 3 aliphatic rings. The second kappa shape index (κ2) is 15.7. The molecule has 20 nitrogen and oxygen atoms in total. The minimum Gasteiger partial charge on any atom is -0.507 e. The predicted octanol–water partition coefficient (Wildman–Crippen LogP) is -2.53. The van der Waals surface area contributed by atoms with Crippen molar-refractivity contribution in [3.8, 4) is 40.1 Å². The Morgan fingerprint density at radius 2 is 1.31 bits per heavy atom. The summed E-state index contributed by atoms with van der Waals surface area (Å²) in [6, 6.07) is 5.81. The van der Waals surface area contributed by atoms with E-state index in [1.165, 1.54) is 33.1 Å². The first-order valence-corrected chi connectivity index (χ1v) is 16.8. The highest BCUT2D eigenvalue weighted by Crippen LogP contribution is 2.40. The third-order valence-electron chi connectivity index (χ3n) is 9.59. The van der Waals surface area contributed by atoms with Gasteiger partial charge < -0.3 is 93.7 Å². The standard InChI is InChI=1S/C34H42O20/c1-10-20(38)24(42)26(44)33(50-10)53-30-21(39)11(2)49-32(28(30)46)48-9-18-22(40)25(43)27(45)34(52-18)54-31-23(41)19-16(37)7-13(47-3)8-17(19)51-29(31)12-4-5-14(35)15(36)6-12/h4-8,10-11,18,20-22,24-28,30,32-40,42-46H,9H2,1-3H3. The van der Waals surface area contributed by atoms with Gasteiger partial charge in [-0.25, -0.2) is 0 Å². The molecular formula is C34H42O20. The topological polar surface area (TPSA) is 317 Å². The summed E-state index contributed by atoms with van der Waals surface area (Å²) in [6.07, 6.45) is -24.3. The quantitative estimate of drug-likeness (QED) is 0.0999. The van der Waals surface area contributed by atoms with Crippen LogP contribution in [0.2, 0.25) is 0 Å². The third kappa shape index (κ3) is 7.41. The Hall–Kier alpha value is -3.87. The number of aliphatic hydroxyl groups is 8. The van der Waals surface area contributed by atoms with E-state index < -0.39 is 127 Å². The number of phenolic OH excluding ortho intramolecular Hbond substituents is 3. The van der Waals surface area contributed by atoms with Crippen LogP contribution in [0.5, 0.6) is 28.7 Å². The van der Waals surface area contributed by atoms with Crippen molar-refractivity contribution in [2.45, 2.75) is 106 Å². The average molecular weight is 771 g/mol. The fourth-order valence-electron chi connectivity index (χ4n) is 6.37. The summed E-state index contributed by atoms with van der Waals surface area (Å²) in [5.41, 5.74) is -1.20. The van der Waals surface area contributed by atoms with Crippen molar-refractivity contribution in [3.05, 3.63) is 40.6 Å². The number of aliphatic hydroxyl groups excluding tert-OH is 8. The van der Waals surface area contributed by atoms with Crippen LogP contribution in [-0.4, -0.2) is 162 Å². The van der Waals surface area contributed by atoms with Gasteiger partial charge in [-0.3, -0.25) is 4.79 Å². The predicted molar refractivity (Wildman–Crippen MR) is 176 cm³/mol. The molecule has 0 aliphatic carbocycles. The van der Waals surface area contributed by atoms with Crippen molar-refractivity contribution in [1.29, 1.82) is 0 Å². The van der Waals surface area contributed by atoms with Gasteiger partial charge in [-0.05, 0) is 32.0 Å². The number of fused-ring (bicyclic) bond motifs is 1. The van der Waals surface area contributed by atoms with Crippen LogP contribution in [0.1, 0.15) is 13.8 Å². The van der Waals surface area contributed by atoms with E-state index in [0.717, 1.165) is 18.2 Å². The van der Waals surface area contributed by atoms with E-state index in [1.807, 2.05) is 0 Å². The van der Waals surface area contributed by atoms with Crippen LogP contribution in [0.15, 0.2) is 39.5 Å². The van der Waals surface area contributed by atoms with E-state index in [1.54, 1.807) is 0 Å². The molecule has 298 valence electrons. The lowest BCUT2D eigenvalue weighted by Gasteiger charge is -2.46. The molecule has 54 heavy (non-hydrogen) atoms. The Morgan fingerprint density at radius 3 is 2.00 bits per heavy atom. The molecule has 20 heteroatoms. The van der Waals surface area contributed by atoms with E-state index in [2.05, 4.69) is 0 Å². The molecule has 6 rings (SSSR count). The lowest BCUT2D eigenvalue weighted by Crippen LogP contribution is -2.64. The number of aromatic hydroxyl groups is 3. The van der Waals surface area contributed by atoms with Crippen LogP contribution < -0.4 is 14.9 Å². The van der Waals surface area contributed by atoms with Gasteiger partial charge >= 0.3 is 0 Å². The maximum absolute atomic E-state index is 13.9. The zero-order valence-corrected chi connectivity index (χ0v) is 28.8. The highest BCUT2D eigenvalue weighted by Gasteiger charge is 2.51. The fraction of sp³-hybridized carbons (Fsp3) is 0.559. The molecule has 0 saturated carbocycles. The third-order valence-corrected chi connectivity index (χ3v) is 9.59. The van der Waals surface area contributed by atoms with Crippen LogP contribution in [0.3, 0.4) is 0 Å². The maximum atomic E-state index is 13.9. The molecule has 0 radical (unpaired) electrons. The molecular weight excluding hydrogens is 728 g/mol. The molecule has 3 saturated heterocycles. The molecule has 1 aromatic heterocycles. The highest BCUT2D eigenvalue weighted by molar-refractivity contribution is 5.88. The van der Waals surface area contributed by atoms with Crippen LogP contribution in [0.4, 0.5) is 0 Å². The maximum Gasteiger partial charge on any atom is 0.239 e. The summed E-state index contributed by atoms with van der Waals surface area (Å²) in [7, 11) is 1.31. The van der Waals surface area contributed by atoms with Crippen LogP contribution >= 0.6 is 0 Å². The van der Waals surface area contributed by atoms with Crippen LogP contribution in [0.25, 0.3) is 22.3 Å². The molecule has 15 atom stereocenters. The van der Waals surface area contributed by atoms with E-state index in [4.69, 9.17) is 37.6 Å². The van der Waals surface area contributed by atoms with Crippen LogP contribution in [-0.2, 0) is 23.7 Å². The first-order valence-electron chi connectivity index (χ1n) is 16.8. The molecule has 3 aliphatic heterocycles. The fourth-order valence-corrected chi connectivity index (χ4v) is 6.37. The lowest BCUT2D eigenvalue weighted by atomic mass is 9.97. The molecule has 0 spiro atoms. The molecule has 4 heterocycles. The molecule has 11 N–H and O–H groups in total. The molecule has 3 fully saturated rings. The Kier molecular flexibility index (Phi) is 11.6. The number of hydrogen-bond donors (Lipinski definition) is 11. The molecule has 3 aromatic rings. The first-order chi connectivity index (χ1) is 25.5. The minimum atomic E-state index is -2.01. The van der Waals surface area contributed by atoms with Gasteiger partial charge in [0.15, 0.2) is 29.8 Å². The summed E-state index contributed by atoms with van der Waals surface area (Å²) in [5.74, 6) is -2.63. The first kappa shape index (κ1) is 39.8. The van der Waals surface area contributed by atoms with Gasteiger partial charge in [0.1, 0.15) is 83.5 Å². The SMILES string of the molecule is COc1cc(O)c2c(=O)c(OC3OC(COC4OC(C)C(O)C(OC5OC(C)C(O)C(O)C5O)C4O)C(O)C(O)C3O)c(-c3ccc(O)c(O)c3)oc2c1. The van der Waals surface area contributed by atoms with Gasteiger partial charge in [0.05, 0.1) is 25.9 Å². The summed E-state index contributed by atoms with van der Waals surface area (Å²) < 4.78 is 44.9. The molecule has 15 unspecified atom stereocenters. The van der Waals surface area contributed by atoms with E-state index in [0.29, 0.717) is 0 Å². The van der Waals surface area contributed by atoms with Gasteiger partial charge in [-0.2, -0.15) is 0 Å². The Bertz CT molecular complexity index is 1850. The Labute approximate surface area is 305 Å². The number of rotatable bonds is 9. The van der Waals surface area contributed by atoms with Gasteiger partial charge in [0, 0.05) is 17.7 Å². The van der Waals surface area contributed by atoms with Gasteiger partial charge in [0.25, 0.3) is 0 Å². The molecule has 0 bridgehead atoms. The number of ether oxygens (including phenoxy) is 7. The summed E-state index contributed by atoms with van der Waals surface area (Å²) in [6.45, 7) is 2.14. The van der Waals surface area contributed by atoms with Gasteiger partial charge in [-0.1, -0.05) is 0 Å². The van der Waals surface area contributed by atoms with Crippen molar-refractivity contribution in [1.82, 2.24) is 0 Å². The number of benzene rings is 2. The van der Waals surface area contributed by atoms with Gasteiger partial charge in [-0.15, -0.1) is 0 Å². The molecule has 0 amide bonds. The Balaban J connectivity index is 1.24. The highest BCUT2D eigenvalue weighted by atomic mass is 16.7. The number of hydrogen-bond acceptors (Lipinski definition) is 20.